The number of aromatic nitrogens is 2. The fourth-order valence-electron chi connectivity index (χ4n) is 0.697. The van der Waals surface area contributed by atoms with Crippen LogP contribution in [0.1, 0.15) is 6.92 Å². The van der Waals surface area contributed by atoms with E-state index >= 15 is 0 Å². The summed E-state index contributed by atoms with van der Waals surface area (Å²) in [7, 11) is 0. The molecule has 0 radical (unpaired) electrons. The molecule has 13 heavy (non-hydrogen) atoms. The summed E-state index contributed by atoms with van der Waals surface area (Å²) in [5.74, 6) is 0.178. The van der Waals surface area contributed by atoms with E-state index in [-0.39, 0.29) is 11.0 Å². The Hall–Kier alpha value is -0.970. The maximum atomic E-state index is 12.1. The van der Waals surface area contributed by atoms with Crippen molar-refractivity contribution in [2.45, 2.75) is 19.4 Å². The molecule has 1 heterocycles. The number of hydrogen-bond acceptors (Lipinski definition) is 3. The number of hydrogen-bond donors (Lipinski definition) is 1. The van der Waals surface area contributed by atoms with E-state index in [1.54, 1.807) is 0 Å². The van der Waals surface area contributed by atoms with Gasteiger partial charge in [0, 0.05) is 12.4 Å². The standard InChI is InChI=1S/C7H8ClF2N3/c1-4(6(9)10)13-7-5(8)11-2-3-12-7/h2-4,6H,1H3,(H,12,13). The SMILES string of the molecule is CC(Nc1nccnc1Cl)C(F)F. The van der Waals surface area contributed by atoms with Crippen LogP contribution in [-0.4, -0.2) is 22.4 Å². The first kappa shape index (κ1) is 10.1. The van der Waals surface area contributed by atoms with E-state index in [9.17, 15) is 8.78 Å². The molecule has 0 aromatic carbocycles. The van der Waals surface area contributed by atoms with E-state index in [1.165, 1.54) is 19.3 Å². The Morgan fingerprint density at radius 2 is 2.00 bits per heavy atom. The molecule has 0 amide bonds. The molecule has 1 aromatic heterocycles. The average molecular weight is 208 g/mol. The third-order valence-corrected chi connectivity index (χ3v) is 1.67. The molecule has 1 rings (SSSR count). The van der Waals surface area contributed by atoms with Crippen molar-refractivity contribution < 1.29 is 8.78 Å². The van der Waals surface area contributed by atoms with Crippen LogP contribution in [0.2, 0.25) is 5.15 Å². The first-order valence-electron chi connectivity index (χ1n) is 3.62. The minimum absolute atomic E-state index is 0.0926. The topological polar surface area (TPSA) is 37.8 Å². The summed E-state index contributed by atoms with van der Waals surface area (Å²) in [4.78, 5) is 7.45. The molecule has 1 N–H and O–H groups in total. The van der Waals surface area contributed by atoms with Crippen molar-refractivity contribution in [1.82, 2.24) is 9.97 Å². The molecule has 0 aliphatic heterocycles. The van der Waals surface area contributed by atoms with Gasteiger partial charge in [0.25, 0.3) is 6.43 Å². The molecule has 0 saturated heterocycles. The van der Waals surface area contributed by atoms with Gasteiger partial charge in [-0.2, -0.15) is 0 Å². The molecule has 6 heteroatoms. The lowest BCUT2D eigenvalue weighted by Gasteiger charge is -2.13. The number of nitrogens with one attached hydrogen (secondary N) is 1. The third kappa shape index (κ3) is 2.77. The van der Waals surface area contributed by atoms with Crippen molar-refractivity contribution in [3.05, 3.63) is 17.5 Å². The van der Waals surface area contributed by atoms with Crippen LogP contribution in [-0.2, 0) is 0 Å². The van der Waals surface area contributed by atoms with Gasteiger partial charge in [-0.3, -0.25) is 0 Å². The number of alkyl halides is 2. The van der Waals surface area contributed by atoms with Crippen molar-refractivity contribution in [3.63, 3.8) is 0 Å². The van der Waals surface area contributed by atoms with E-state index in [0.29, 0.717) is 0 Å². The van der Waals surface area contributed by atoms with E-state index in [1.807, 2.05) is 0 Å². The molecule has 1 aromatic rings. The molecular formula is C7H8ClF2N3. The molecule has 72 valence electrons. The predicted molar refractivity (Wildman–Crippen MR) is 46.1 cm³/mol. The van der Waals surface area contributed by atoms with Crippen LogP contribution >= 0.6 is 11.6 Å². The maximum Gasteiger partial charge on any atom is 0.258 e. The van der Waals surface area contributed by atoms with Gasteiger partial charge < -0.3 is 5.32 Å². The zero-order valence-electron chi connectivity index (χ0n) is 6.84. The number of nitrogens with zero attached hydrogens (tertiary/aromatic N) is 2. The molecular weight excluding hydrogens is 200 g/mol. The predicted octanol–water partition coefficient (Wildman–Crippen LogP) is 2.20. The number of halogens is 3. The van der Waals surface area contributed by atoms with Crippen molar-refractivity contribution >= 4 is 17.4 Å². The summed E-state index contributed by atoms with van der Waals surface area (Å²) in [6.45, 7) is 1.34. The van der Waals surface area contributed by atoms with E-state index < -0.39 is 12.5 Å². The van der Waals surface area contributed by atoms with Gasteiger partial charge in [0.2, 0.25) is 0 Å². The number of anilines is 1. The van der Waals surface area contributed by atoms with Gasteiger partial charge >= 0.3 is 0 Å². The molecule has 3 nitrogen and oxygen atoms in total. The van der Waals surface area contributed by atoms with Gasteiger partial charge in [-0.15, -0.1) is 0 Å². The van der Waals surface area contributed by atoms with Gasteiger partial charge in [0.05, 0.1) is 6.04 Å². The van der Waals surface area contributed by atoms with Crippen molar-refractivity contribution in [2.75, 3.05) is 5.32 Å². The van der Waals surface area contributed by atoms with Gasteiger partial charge in [-0.25, -0.2) is 18.7 Å². The normalized spacial score (nSPS) is 13.0. The lowest BCUT2D eigenvalue weighted by molar-refractivity contribution is 0.130. The quantitative estimate of drug-likeness (QED) is 0.826. The van der Waals surface area contributed by atoms with Gasteiger partial charge in [-0.05, 0) is 6.92 Å². The monoisotopic (exact) mass is 207 g/mol. The van der Waals surface area contributed by atoms with Crippen LogP contribution in [0.5, 0.6) is 0 Å². The Balaban J connectivity index is 2.69. The summed E-state index contributed by atoms with van der Waals surface area (Å²) in [5, 5.41) is 2.55. The van der Waals surface area contributed by atoms with Crippen LogP contribution in [0.4, 0.5) is 14.6 Å². The minimum atomic E-state index is -2.46. The van der Waals surface area contributed by atoms with Crippen LogP contribution in [0.25, 0.3) is 0 Å². The van der Waals surface area contributed by atoms with Gasteiger partial charge in [0.15, 0.2) is 11.0 Å². The Morgan fingerprint density at radius 1 is 1.38 bits per heavy atom. The second-order valence-electron chi connectivity index (χ2n) is 2.46. The van der Waals surface area contributed by atoms with Gasteiger partial charge in [-0.1, -0.05) is 11.6 Å². The lowest BCUT2D eigenvalue weighted by atomic mass is 10.3. The zero-order valence-corrected chi connectivity index (χ0v) is 7.59. The van der Waals surface area contributed by atoms with Crippen molar-refractivity contribution in [2.24, 2.45) is 0 Å². The molecule has 0 fully saturated rings. The van der Waals surface area contributed by atoms with Crippen LogP contribution in [0.15, 0.2) is 12.4 Å². The zero-order chi connectivity index (χ0) is 9.84. The Bertz CT molecular complexity index is 282. The maximum absolute atomic E-state index is 12.1. The summed E-state index contributed by atoms with van der Waals surface area (Å²) >= 11 is 5.59. The molecule has 1 unspecified atom stereocenters. The summed E-state index contributed by atoms with van der Waals surface area (Å²) in [6.07, 6.45) is 0.311. The second-order valence-corrected chi connectivity index (χ2v) is 2.82. The first-order valence-corrected chi connectivity index (χ1v) is 4.00. The average Bonchev–Trinajstić information content (AvgIpc) is 2.08. The Kier molecular flexibility index (Phi) is 3.36. The van der Waals surface area contributed by atoms with Crippen LogP contribution in [0, 0.1) is 0 Å². The minimum Gasteiger partial charge on any atom is -0.359 e. The highest BCUT2D eigenvalue weighted by Crippen LogP contribution is 2.16. The molecule has 0 saturated carbocycles. The largest absolute Gasteiger partial charge is 0.359 e. The van der Waals surface area contributed by atoms with Crippen molar-refractivity contribution in [3.8, 4) is 0 Å². The highest BCUT2D eigenvalue weighted by atomic mass is 35.5. The smallest absolute Gasteiger partial charge is 0.258 e. The highest BCUT2D eigenvalue weighted by molar-refractivity contribution is 6.31. The lowest BCUT2D eigenvalue weighted by Crippen LogP contribution is -2.24. The third-order valence-electron chi connectivity index (χ3n) is 1.40. The van der Waals surface area contributed by atoms with Crippen molar-refractivity contribution in [1.29, 1.82) is 0 Å². The fourth-order valence-corrected chi connectivity index (χ4v) is 0.856. The fraction of sp³-hybridized carbons (Fsp3) is 0.429. The van der Waals surface area contributed by atoms with Crippen LogP contribution in [0.3, 0.4) is 0 Å². The van der Waals surface area contributed by atoms with E-state index in [0.717, 1.165) is 0 Å². The Morgan fingerprint density at radius 3 is 2.54 bits per heavy atom. The van der Waals surface area contributed by atoms with Crippen LogP contribution < -0.4 is 5.32 Å². The molecule has 0 aliphatic rings. The van der Waals surface area contributed by atoms with Gasteiger partial charge in [0.1, 0.15) is 0 Å². The van der Waals surface area contributed by atoms with E-state index in [4.69, 9.17) is 11.6 Å². The molecule has 0 bridgehead atoms. The second kappa shape index (κ2) is 4.32. The highest BCUT2D eigenvalue weighted by Gasteiger charge is 2.15. The molecule has 0 aliphatic carbocycles. The first-order chi connectivity index (χ1) is 6.11. The Labute approximate surface area is 79.1 Å². The molecule has 1 atom stereocenters. The summed E-state index contributed by atoms with van der Waals surface area (Å²) in [6, 6.07) is -0.991. The molecule has 0 spiro atoms. The summed E-state index contributed by atoms with van der Waals surface area (Å²) in [5.41, 5.74) is 0. The summed E-state index contributed by atoms with van der Waals surface area (Å²) < 4.78 is 24.2. The van der Waals surface area contributed by atoms with E-state index in [2.05, 4.69) is 15.3 Å². The number of rotatable bonds is 3.